The van der Waals surface area contributed by atoms with Crippen LogP contribution in [0, 0.1) is 0 Å². The van der Waals surface area contributed by atoms with Crippen LogP contribution in [0.1, 0.15) is 15.9 Å². The molecule has 0 aliphatic heterocycles. The molecule has 0 spiro atoms. The topological polar surface area (TPSA) is 90.6 Å². The highest BCUT2D eigenvalue weighted by Crippen LogP contribution is 2.32. The summed E-state index contributed by atoms with van der Waals surface area (Å²) in [5.41, 5.74) is 6.03. The van der Waals surface area contributed by atoms with Crippen molar-refractivity contribution in [2.75, 3.05) is 14.2 Å². The molecule has 0 aliphatic rings. The molecule has 0 radical (unpaired) electrons. The molecule has 0 unspecified atom stereocenters. The van der Waals surface area contributed by atoms with Crippen molar-refractivity contribution in [3.05, 3.63) is 23.3 Å². The molecule has 17 heavy (non-hydrogen) atoms. The third-order valence-corrected chi connectivity index (χ3v) is 2.17. The van der Waals surface area contributed by atoms with Gasteiger partial charge < -0.3 is 20.5 Å². The van der Waals surface area contributed by atoms with Gasteiger partial charge in [-0.15, -0.1) is 0 Å². The fraction of sp³-hybridized carbons (Fsp3) is 0.273. The summed E-state index contributed by atoms with van der Waals surface area (Å²) in [7, 11) is 2.95. The van der Waals surface area contributed by atoms with E-state index in [9.17, 15) is 9.59 Å². The number of urea groups is 1. The number of ether oxygens (including phenoxy) is 2. The molecule has 0 atom stereocenters. The summed E-state index contributed by atoms with van der Waals surface area (Å²) >= 11 is 0. The average molecular weight is 238 g/mol. The van der Waals surface area contributed by atoms with Gasteiger partial charge in [0.2, 0.25) is 0 Å². The van der Waals surface area contributed by atoms with Gasteiger partial charge in [0.25, 0.3) is 0 Å². The summed E-state index contributed by atoms with van der Waals surface area (Å²) in [4.78, 5) is 21.4. The van der Waals surface area contributed by atoms with Crippen LogP contribution in [-0.4, -0.2) is 26.5 Å². The van der Waals surface area contributed by atoms with Crippen LogP contribution in [-0.2, 0) is 6.54 Å². The molecular weight excluding hydrogens is 224 g/mol. The van der Waals surface area contributed by atoms with E-state index in [2.05, 4.69) is 5.32 Å². The van der Waals surface area contributed by atoms with Crippen molar-refractivity contribution in [3.63, 3.8) is 0 Å². The first-order valence-corrected chi connectivity index (χ1v) is 4.85. The highest BCUT2D eigenvalue weighted by atomic mass is 16.5. The van der Waals surface area contributed by atoms with Gasteiger partial charge in [-0.05, 0) is 12.1 Å². The Morgan fingerprint density at radius 1 is 1.41 bits per heavy atom. The number of benzene rings is 1. The molecule has 0 aliphatic carbocycles. The Bertz CT molecular complexity index is 432. The zero-order valence-electron chi connectivity index (χ0n) is 9.65. The molecule has 92 valence electrons. The van der Waals surface area contributed by atoms with Gasteiger partial charge in [0, 0.05) is 17.7 Å². The molecule has 0 aromatic heterocycles. The maximum absolute atomic E-state index is 10.8. The number of carbonyl (C=O) groups excluding carboxylic acids is 2. The Balaban J connectivity index is 3.14. The Kier molecular flexibility index (Phi) is 4.33. The molecule has 1 aromatic carbocycles. The maximum Gasteiger partial charge on any atom is 0.312 e. The average Bonchev–Trinajstić information content (AvgIpc) is 2.34. The van der Waals surface area contributed by atoms with Crippen LogP contribution in [0.4, 0.5) is 4.79 Å². The molecule has 0 saturated carbocycles. The summed E-state index contributed by atoms with van der Waals surface area (Å²) in [6, 6.07) is 2.51. The Hall–Kier alpha value is -2.24. The van der Waals surface area contributed by atoms with Crippen molar-refractivity contribution in [2.24, 2.45) is 5.73 Å². The van der Waals surface area contributed by atoms with Crippen LogP contribution in [0.3, 0.4) is 0 Å². The van der Waals surface area contributed by atoms with E-state index < -0.39 is 6.03 Å². The summed E-state index contributed by atoms with van der Waals surface area (Å²) in [5.74, 6) is 0.894. The first kappa shape index (κ1) is 12.8. The van der Waals surface area contributed by atoms with Gasteiger partial charge in [0.15, 0.2) is 11.5 Å². The van der Waals surface area contributed by atoms with Crippen LogP contribution >= 0.6 is 0 Å². The van der Waals surface area contributed by atoms with Crippen molar-refractivity contribution in [1.29, 1.82) is 0 Å². The summed E-state index contributed by atoms with van der Waals surface area (Å²) in [6.45, 7) is 0.163. The lowest BCUT2D eigenvalue weighted by molar-refractivity contribution is 0.112. The molecule has 1 aromatic rings. The number of hydrogen-bond donors (Lipinski definition) is 2. The summed E-state index contributed by atoms with van der Waals surface area (Å²) in [5, 5.41) is 2.43. The van der Waals surface area contributed by atoms with Gasteiger partial charge in [0.1, 0.15) is 6.29 Å². The van der Waals surface area contributed by atoms with E-state index in [1.165, 1.54) is 14.2 Å². The van der Waals surface area contributed by atoms with Crippen LogP contribution in [0.25, 0.3) is 0 Å². The predicted octanol–water partition coefficient (Wildman–Crippen LogP) is 0.685. The van der Waals surface area contributed by atoms with Crippen molar-refractivity contribution in [1.82, 2.24) is 5.32 Å². The molecule has 0 heterocycles. The lowest BCUT2D eigenvalue weighted by Gasteiger charge is -2.13. The number of methoxy groups -OCH3 is 2. The molecule has 6 heteroatoms. The first-order chi connectivity index (χ1) is 8.12. The number of rotatable bonds is 5. The van der Waals surface area contributed by atoms with E-state index in [1.807, 2.05) is 0 Å². The van der Waals surface area contributed by atoms with Gasteiger partial charge in [-0.1, -0.05) is 0 Å². The Morgan fingerprint density at radius 3 is 2.59 bits per heavy atom. The highest BCUT2D eigenvalue weighted by Gasteiger charge is 2.12. The lowest BCUT2D eigenvalue weighted by atomic mass is 10.1. The minimum atomic E-state index is -0.650. The largest absolute Gasteiger partial charge is 0.493 e. The summed E-state index contributed by atoms with van der Waals surface area (Å²) in [6.07, 6.45) is 0.690. The quantitative estimate of drug-likeness (QED) is 0.738. The highest BCUT2D eigenvalue weighted by molar-refractivity contribution is 5.78. The second-order valence-electron chi connectivity index (χ2n) is 3.25. The minimum Gasteiger partial charge on any atom is -0.493 e. The smallest absolute Gasteiger partial charge is 0.312 e. The van der Waals surface area contributed by atoms with Crippen molar-refractivity contribution in [2.45, 2.75) is 6.54 Å². The predicted molar refractivity (Wildman–Crippen MR) is 61.4 cm³/mol. The number of carbonyl (C=O) groups is 2. The van der Waals surface area contributed by atoms with Crippen LogP contribution in [0.15, 0.2) is 12.1 Å². The number of nitrogens with one attached hydrogen (secondary N) is 1. The molecule has 0 fully saturated rings. The lowest BCUT2D eigenvalue weighted by Crippen LogP contribution is -2.28. The van der Waals surface area contributed by atoms with E-state index in [1.54, 1.807) is 12.1 Å². The Morgan fingerprint density at radius 2 is 2.12 bits per heavy atom. The van der Waals surface area contributed by atoms with Gasteiger partial charge in [-0.2, -0.15) is 0 Å². The van der Waals surface area contributed by atoms with Gasteiger partial charge in [-0.25, -0.2) is 4.79 Å². The molecular formula is C11H14N2O4. The maximum atomic E-state index is 10.8. The summed E-state index contributed by atoms with van der Waals surface area (Å²) < 4.78 is 10.3. The van der Waals surface area contributed by atoms with Gasteiger partial charge in [-0.3, -0.25) is 4.79 Å². The van der Waals surface area contributed by atoms with Crippen molar-refractivity contribution >= 4 is 12.3 Å². The standard InChI is InChI=1S/C11H14N2O4/c1-16-9-4-7(6-14)3-8(10(9)17-2)5-13-11(12)15/h3-4,6H,5H2,1-2H3,(H3,12,13,15). The third-order valence-electron chi connectivity index (χ3n) is 2.17. The second-order valence-corrected chi connectivity index (χ2v) is 3.25. The third kappa shape index (κ3) is 3.10. The van der Waals surface area contributed by atoms with Crippen LogP contribution < -0.4 is 20.5 Å². The number of primary amides is 1. The van der Waals surface area contributed by atoms with Crippen molar-refractivity contribution in [3.8, 4) is 11.5 Å². The number of amides is 2. The first-order valence-electron chi connectivity index (χ1n) is 4.85. The SMILES string of the molecule is COc1cc(C=O)cc(CNC(N)=O)c1OC. The van der Waals surface area contributed by atoms with Crippen LogP contribution in [0.5, 0.6) is 11.5 Å². The molecule has 2 amide bonds. The van der Waals surface area contributed by atoms with Crippen molar-refractivity contribution < 1.29 is 19.1 Å². The van der Waals surface area contributed by atoms with E-state index in [4.69, 9.17) is 15.2 Å². The molecule has 1 rings (SSSR count). The van der Waals surface area contributed by atoms with E-state index >= 15 is 0 Å². The second kappa shape index (κ2) is 5.74. The number of hydrogen-bond acceptors (Lipinski definition) is 4. The van der Waals surface area contributed by atoms with Gasteiger partial charge in [0.05, 0.1) is 14.2 Å². The van der Waals surface area contributed by atoms with Gasteiger partial charge >= 0.3 is 6.03 Å². The molecule has 3 N–H and O–H groups in total. The molecule has 0 saturated heterocycles. The van der Waals surface area contributed by atoms with E-state index in [-0.39, 0.29) is 6.54 Å². The fourth-order valence-corrected chi connectivity index (χ4v) is 1.45. The zero-order valence-corrected chi connectivity index (χ0v) is 9.65. The van der Waals surface area contributed by atoms with E-state index in [0.717, 1.165) is 0 Å². The fourth-order valence-electron chi connectivity index (χ4n) is 1.45. The Labute approximate surface area is 98.7 Å². The van der Waals surface area contributed by atoms with Crippen LogP contribution in [0.2, 0.25) is 0 Å². The monoisotopic (exact) mass is 238 g/mol. The normalized spacial score (nSPS) is 9.53. The minimum absolute atomic E-state index is 0.163. The zero-order chi connectivity index (χ0) is 12.8. The number of aldehydes is 1. The molecule has 6 nitrogen and oxygen atoms in total. The molecule has 0 bridgehead atoms. The van der Waals surface area contributed by atoms with E-state index in [0.29, 0.717) is 28.9 Å². The number of nitrogens with two attached hydrogens (primary N) is 1.